The van der Waals surface area contributed by atoms with Crippen LogP contribution >= 0.6 is 0 Å². The Morgan fingerprint density at radius 2 is 1.37 bits per heavy atom. The van der Waals surface area contributed by atoms with Gasteiger partial charge in [-0.1, -0.05) is 67.7 Å². The van der Waals surface area contributed by atoms with Crippen molar-refractivity contribution < 1.29 is 14.6 Å². The van der Waals surface area contributed by atoms with Crippen molar-refractivity contribution in [2.75, 3.05) is 13.2 Å². The Balaban J connectivity index is 3.53. The molecular weight excluding hydrogens is 338 g/mol. The summed E-state index contributed by atoms with van der Waals surface area (Å²) >= 11 is 0. The van der Waals surface area contributed by atoms with Crippen molar-refractivity contribution in [1.29, 1.82) is 0 Å². The smallest absolute Gasteiger partial charge is 0.305 e. The van der Waals surface area contributed by atoms with Gasteiger partial charge in [-0.05, 0) is 44.9 Å². The highest BCUT2D eigenvalue weighted by Gasteiger charge is 2.05. The lowest BCUT2D eigenvalue weighted by Crippen LogP contribution is -2.31. The molecule has 27 heavy (non-hydrogen) atoms. The molecule has 3 N–H and O–H groups in total. The fraction of sp³-hybridized carbons (Fsp3) is 0.522. The molecule has 152 valence electrons. The first kappa shape index (κ1) is 25.1. The molecule has 0 aliphatic carbocycles. The molecule has 0 spiro atoms. The average Bonchev–Trinajstić information content (AvgIpc) is 2.68. The number of ether oxygens (including phenoxy) is 1. The SMILES string of the molecule is CC/C=C\C/C=C\C/C=C\C/C=C\C/C=C\CCCC(=O)OCC(N)CO. The first-order valence-electron chi connectivity index (χ1n) is 9.97. The van der Waals surface area contributed by atoms with Gasteiger partial charge < -0.3 is 15.6 Å². The van der Waals surface area contributed by atoms with Crippen molar-refractivity contribution in [2.45, 2.75) is 64.3 Å². The topological polar surface area (TPSA) is 72.5 Å². The third kappa shape index (κ3) is 20.3. The van der Waals surface area contributed by atoms with Crippen molar-refractivity contribution >= 4 is 5.97 Å². The van der Waals surface area contributed by atoms with Gasteiger partial charge in [-0.2, -0.15) is 0 Å². The number of aliphatic hydroxyl groups is 1. The lowest BCUT2D eigenvalue weighted by Gasteiger charge is -2.08. The molecule has 4 nitrogen and oxygen atoms in total. The molecule has 0 radical (unpaired) electrons. The minimum absolute atomic E-state index is 0.0804. The van der Waals surface area contributed by atoms with E-state index < -0.39 is 6.04 Å². The van der Waals surface area contributed by atoms with Crippen LogP contribution in [0.15, 0.2) is 60.8 Å². The number of hydrogen-bond acceptors (Lipinski definition) is 4. The monoisotopic (exact) mass is 375 g/mol. The van der Waals surface area contributed by atoms with Crippen LogP contribution < -0.4 is 5.73 Å². The average molecular weight is 376 g/mol. The van der Waals surface area contributed by atoms with Crippen LogP contribution in [0.25, 0.3) is 0 Å². The van der Waals surface area contributed by atoms with Crippen LogP contribution in [0.4, 0.5) is 0 Å². The maximum absolute atomic E-state index is 11.4. The predicted molar refractivity (Wildman–Crippen MR) is 114 cm³/mol. The highest BCUT2D eigenvalue weighted by Crippen LogP contribution is 2.01. The number of nitrogens with two attached hydrogens (primary N) is 1. The Morgan fingerprint density at radius 3 is 1.85 bits per heavy atom. The third-order valence-corrected chi connectivity index (χ3v) is 3.60. The standard InChI is InChI=1S/C23H37NO3/c1-2-3-4-5-6-7-8-9-10-11-12-13-14-15-16-17-18-19-23(26)27-21-22(24)20-25/h3-4,6-7,9-10,12-13,15-16,22,25H,2,5,8,11,14,17-21,24H2,1H3/b4-3-,7-6-,10-9-,13-12-,16-15-. The summed E-state index contributed by atoms with van der Waals surface area (Å²) < 4.78 is 4.95. The van der Waals surface area contributed by atoms with Gasteiger partial charge in [0.1, 0.15) is 6.61 Å². The van der Waals surface area contributed by atoms with E-state index in [4.69, 9.17) is 15.6 Å². The first-order valence-corrected chi connectivity index (χ1v) is 9.97. The normalized spacial score (nSPS) is 13.7. The molecule has 0 aromatic heterocycles. The molecule has 0 amide bonds. The number of rotatable bonds is 16. The Kier molecular flexibility index (Phi) is 19.0. The number of hydrogen-bond donors (Lipinski definition) is 2. The van der Waals surface area contributed by atoms with E-state index in [1.54, 1.807) is 0 Å². The van der Waals surface area contributed by atoms with Crippen molar-refractivity contribution in [2.24, 2.45) is 5.73 Å². The van der Waals surface area contributed by atoms with Gasteiger partial charge in [-0.3, -0.25) is 4.79 Å². The van der Waals surface area contributed by atoms with Gasteiger partial charge in [-0.25, -0.2) is 0 Å². The van der Waals surface area contributed by atoms with Crippen LogP contribution in [0, 0.1) is 0 Å². The second-order valence-corrected chi connectivity index (χ2v) is 6.23. The second-order valence-electron chi connectivity index (χ2n) is 6.23. The lowest BCUT2D eigenvalue weighted by molar-refractivity contribution is -0.144. The molecule has 0 saturated carbocycles. The maximum Gasteiger partial charge on any atom is 0.305 e. The van der Waals surface area contributed by atoms with Crippen molar-refractivity contribution in [3.8, 4) is 0 Å². The zero-order chi connectivity index (χ0) is 20.0. The minimum atomic E-state index is -0.486. The molecule has 0 aliphatic rings. The number of unbranched alkanes of at least 4 members (excludes halogenated alkanes) is 1. The van der Waals surface area contributed by atoms with Crippen LogP contribution in [0.3, 0.4) is 0 Å². The summed E-state index contributed by atoms with van der Waals surface area (Å²) in [5, 5.41) is 8.74. The first-order chi connectivity index (χ1) is 13.2. The van der Waals surface area contributed by atoms with E-state index >= 15 is 0 Å². The Labute approximate surface area is 165 Å². The molecule has 1 atom stereocenters. The van der Waals surface area contributed by atoms with Gasteiger partial charge in [0.25, 0.3) is 0 Å². The molecule has 0 aliphatic heterocycles. The number of esters is 1. The van der Waals surface area contributed by atoms with E-state index in [1.165, 1.54) is 0 Å². The van der Waals surface area contributed by atoms with Crippen LogP contribution in [0.2, 0.25) is 0 Å². The fourth-order valence-electron chi connectivity index (χ4n) is 2.06. The zero-order valence-electron chi connectivity index (χ0n) is 16.8. The maximum atomic E-state index is 11.4. The second kappa shape index (κ2) is 20.4. The Hall–Kier alpha value is -1.91. The third-order valence-electron chi connectivity index (χ3n) is 3.60. The summed E-state index contributed by atoms with van der Waals surface area (Å²) in [5.41, 5.74) is 5.46. The van der Waals surface area contributed by atoms with Crippen molar-refractivity contribution in [1.82, 2.24) is 0 Å². The molecule has 0 aromatic carbocycles. The molecular formula is C23H37NO3. The summed E-state index contributed by atoms with van der Waals surface area (Å²) in [6, 6.07) is -0.486. The van der Waals surface area contributed by atoms with Gasteiger partial charge in [0.05, 0.1) is 12.6 Å². The van der Waals surface area contributed by atoms with Gasteiger partial charge in [-0.15, -0.1) is 0 Å². The van der Waals surface area contributed by atoms with Crippen LogP contribution in [0.5, 0.6) is 0 Å². The van der Waals surface area contributed by atoms with E-state index in [9.17, 15) is 4.79 Å². The van der Waals surface area contributed by atoms with Crippen molar-refractivity contribution in [3.05, 3.63) is 60.8 Å². The summed E-state index contributed by atoms with van der Waals surface area (Å²) in [6.45, 7) is 2.05. The fourth-order valence-corrected chi connectivity index (χ4v) is 2.06. The number of aliphatic hydroxyl groups excluding tert-OH is 1. The number of carbonyl (C=O) groups excluding carboxylic acids is 1. The summed E-state index contributed by atoms with van der Waals surface area (Å²) in [5.74, 6) is -0.258. The van der Waals surface area contributed by atoms with Gasteiger partial charge in [0, 0.05) is 6.42 Å². The van der Waals surface area contributed by atoms with E-state index in [0.29, 0.717) is 6.42 Å². The quantitative estimate of drug-likeness (QED) is 0.231. The largest absolute Gasteiger partial charge is 0.464 e. The molecule has 0 heterocycles. The molecule has 0 rings (SSSR count). The van der Waals surface area contributed by atoms with Crippen LogP contribution in [0.1, 0.15) is 58.3 Å². The molecule has 0 fully saturated rings. The number of carbonyl (C=O) groups is 1. The van der Waals surface area contributed by atoms with Crippen LogP contribution in [-0.2, 0) is 9.53 Å². The van der Waals surface area contributed by atoms with E-state index in [-0.39, 0.29) is 19.2 Å². The highest BCUT2D eigenvalue weighted by atomic mass is 16.5. The predicted octanol–water partition coefficient (Wildman–Crippen LogP) is 4.77. The van der Waals surface area contributed by atoms with Gasteiger partial charge in [0.15, 0.2) is 0 Å². The minimum Gasteiger partial charge on any atom is -0.464 e. The van der Waals surface area contributed by atoms with Crippen molar-refractivity contribution in [3.63, 3.8) is 0 Å². The van der Waals surface area contributed by atoms with Gasteiger partial charge in [0.2, 0.25) is 0 Å². The lowest BCUT2D eigenvalue weighted by atomic mass is 10.2. The van der Waals surface area contributed by atoms with Gasteiger partial charge >= 0.3 is 5.97 Å². The highest BCUT2D eigenvalue weighted by molar-refractivity contribution is 5.69. The molecule has 0 saturated heterocycles. The summed E-state index contributed by atoms with van der Waals surface area (Å²) in [6.07, 6.45) is 28.6. The molecule has 0 bridgehead atoms. The zero-order valence-corrected chi connectivity index (χ0v) is 16.8. The van der Waals surface area contributed by atoms with E-state index in [1.807, 2.05) is 0 Å². The molecule has 1 unspecified atom stereocenters. The molecule has 4 heteroatoms. The Morgan fingerprint density at radius 1 is 0.889 bits per heavy atom. The Bertz CT molecular complexity index is 490. The number of allylic oxidation sites excluding steroid dienone is 10. The van der Waals surface area contributed by atoms with Crippen LogP contribution in [-0.4, -0.2) is 30.3 Å². The summed E-state index contributed by atoms with van der Waals surface area (Å²) in [4.78, 5) is 11.4. The van der Waals surface area contributed by atoms with E-state index in [2.05, 4.69) is 67.7 Å². The molecule has 0 aromatic rings. The summed E-state index contributed by atoms with van der Waals surface area (Å²) in [7, 11) is 0. The van der Waals surface area contributed by atoms with E-state index in [0.717, 1.165) is 44.9 Å².